The molecule has 0 amide bonds. The van der Waals surface area contributed by atoms with Crippen LogP contribution in [0.15, 0.2) is 41.8 Å². The smallest absolute Gasteiger partial charge is 0.269 e. The van der Waals surface area contributed by atoms with Crippen LogP contribution in [-0.4, -0.2) is 11.5 Å². The summed E-state index contributed by atoms with van der Waals surface area (Å²) in [6.07, 6.45) is 0. The molecule has 0 aliphatic carbocycles. The standard InChI is InChI=1S/C16H20N2O2S/c1-12(13-6-4-7-14(10-13)18(19)20)17-11-16(2,3)15-8-5-9-21-15/h4-10,12,17H,11H2,1-3H3. The Hall–Kier alpha value is -1.72. The quantitative estimate of drug-likeness (QED) is 0.640. The third-order valence-corrected chi connectivity index (χ3v) is 4.86. The predicted molar refractivity (Wildman–Crippen MR) is 86.9 cm³/mol. The van der Waals surface area contributed by atoms with Crippen LogP contribution in [0, 0.1) is 10.1 Å². The Morgan fingerprint density at radius 2 is 2.10 bits per heavy atom. The number of non-ortho nitro benzene ring substituents is 1. The lowest BCUT2D eigenvalue weighted by atomic mass is 9.91. The van der Waals surface area contributed by atoms with Crippen LogP contribution in [0.2, 0.25) is 0 Å². The highest BCUT2D eigenvalue weighted by molar-refractivity contribution is 7.10. The summed E-state index contributed by atoms with van der Waals surface area (Å²) in [4.78, 5) is 11.8. The number of nitrogens with one attached hydrogen (secondary N) is 1. The molecule has 1 atom stereocenters. The topological polar surface area (TPSA) is 55.2 Å². The third-order valence-electron chi connectivity index (χ3n) is 3.62. The van der Waals surface area contributed by atoms with Gasteiger partial charge in [-0.3, -0.25) is 10.1 Å². The second-order valence-corrected chi connectivity index (χ2v) is 6.76. The summed E-state index contributed by atoms with van der Waals surface area (Å²) in [6, 6.07) is 11.1. The first-order chi connectivity index (χ1) is 9.90. The van der Waals surface area contributed by atoms with Gasteiger partial charge in [0.05, 0.1) is 4.92 Å². The number of rotatable bonds is 6. The van der Waals surface area contributed by atoms with Crippen molar-refractivity contribution in [3.63, 3.8) is 0 Å². The Labute approximate surface area is 129 Å². The lowest BCUT2D eigenvalue weighted by Gasteiger charge is -2.26. The van der Waals surface area contributed by atoms with E-state index in [9.17, 15) is 10.1 Å². The van der Waals surface area contributed by atoms with Crippen LogP contribution in [0.25, 0.3) is 0 Å². The van der Waals surface area contributed by atoms with Crippen molar-refractivity contribution < 1.29 is 4.92 Å². The molecule has 0 aliphatic rings. The maximum Gasteiger partial charge on any atom is 0.269 e. The van der Waals surface area contributed by atoms with Gasteiger partial charge in [0.1, 0.15) is 0 Å². The Bertz CT molecular complexity index is 608. The van der Waals surface area contributed by atoms with Crippen molar-refractivity contribution in [1.29, 1.82) is 0 Å². The van der Waals surface area contributed by atoms with Crippen molar-refractivity contribution in [2.75, 3.05) is 6.54 Å². The molecule has 0 saturated carbocycles. The fraction of sp³-hybridized carbons (Fsp3) is 0.375. The summed E-state index contributed by atoms with van der Waals surface area (Å²) in [6.45, 7) is 7.25. The average Bonchev–Trinajstić information content (AvgIpc) is 3.00. The maximum absolute atomic E-state index is 10.8. The van der Waals surface area contributed by atoms with E-state index in [2.05, 4.69) is 36.7 Å². The Morgan fingerprint density at radius 1 is 1.33 bits per heavy atom. The van der Waals surface area contributed by atoms with Crippen LogP contribution in [-0.2, 0) is 5.41 Å². The van der Waals surface area contributed by atoms with Gasteiger partial charge < -0.3 is 5.32 Å². The van der Waals surface area contributed by atoms with E-state index in [1.54, 1.807) is 23.5 Å². The number of nitro groups is 1. The summed E-state index contributed by atoms with van der Waals surface area (Å²) in [5, 5.41) is 16.4. The second kappa shape index (κ2) is 6.37. The van der Waals surface area contributed by atoms with Gasteiger partial charge in [0.15, 0.2) is 0 Å². The third kappa shape index (κ3) is 3.89. The highest BCUT2D eigenvalue weighted by Gasteiger charge is 2.22. The van der Waals surface area contributed by atoms with E-state index in [-0.39, 0.29) is 22.1 Å². The molecule has 21 heavy (non-hydrogen) atoms. The number of nitrogens with zero attached hydrogens (tertiary/aromatic N) is 1. The molecule has 1 unspecified atom stereocenters. The number of benzene rings is 1. The zero-order chi connectivity index (χ0) is 15.5. The molecule has 0 bridgehead atoms. The first-order valence-corrected chi connectivity index (χ1v) is 7.80. The van der Waals surface area contributed by atoms with E-state index >= 15 is 0 Å². The molecular weight excluding hydrogens is 284 g/mol. The van der Waals surface area contributed by atoms with Gasteiger partial charge in [0.2, 0.25) is 0 Å². The van der Waals surface area contributed by atoms with Crippen molar-refractivity contribution >= 4 is 17.0 Å². The zero-order valence-electron chi connectivity index (χ0n) is 12.5. The molecule has 0 radical (unpaired) electrons. The van der Waals surface area contributed by atoms with Gasteiger partial charge in [-0.05, 0) is 23.9 Å². The molecule has 0 aliphatic heterocycles. The lowest BCUT2D eigenvalue weighted by molar-refractivity contribution is -0.384. The molecule has 1 heterocycles. The molecule has 1 aromatic carbocycles. The van der Waals surface area contributed by atoms with Crippen molar-refractivity contribution in [3.8, 4) is 0 Å². The monoisotopic (exact) mass is 304 g/mol. The van der Waals surface area contributed by atoms with Crippen LogP contribution >= 0.6 is 11.3 Å². The highest BCUT2D eigenvalue weighted by Crippen LogP contribution is 2.28. The Morgan fingerprint density at radius 3 is 2.71 bits per heavy atom. The van der Waals surface area contributed by atoms with Gasteiger partial charge in [-0.25, -0.2) is 0 Å². The van der Waals surface area contributed by atoms with Gasteiger partial charge in [-0.1, -0.05) is 32.0 Å². The van der Waals surface area contributed by atoms with E-state index in [1.807, 2.05) is 13.0 Å². The molecule has 4 nitrogen and oxygen atoms in total. The van der Waals surface area contributed by atoms with Crippen LogP contribution in [0.3, 0.4) is 0 Å². The van der Waals surface area contributed by atoms with E-state index in [1.165, 1.54) is 10.9 Å². The van der Waals surface area contributed by atoms with E-state index < -0.39 is 0 Å². The number of nitro benzene ring substituents is 1. The van der Waals surface area contributed by atoms with Crippen molar-refractivity contribution in [2.45, 2.75) is 32.2 Å². The first kappa shape index (κ1) is 15.7. The maximum atomic E-state index is 10.8. The number of hydrogen-bond donors (Lipinski definition) is 1. The van der Waals surface area contributed by atoms with Crippen LogP contribution in [0.1, 0.15) is 37.3 Å². The summed E-state index contributed by atoms with van der Waals surface area (Å²) in [7, 11) is 0. The summed E-state index contributed by atoms with van der Waals surface area (Å²) >= 11 is 1.75. The van der Waals surface area contributed by atoms with Crippen molar-refractivity contribution in [1.82, 2.24) is 5.32 Å². The lowest BCUT2D eigenvalue weighted by Crippen LogP contribution is -2.33. The van der Waals surface area contributed by atoms with Crippen molar-refractivity contribution in [3.05, 3.63) is 62.3 Å². The van der Waals surface area contributed by atoms with Crippen LogP contribution < -0.4 is 5.32 Å². The Kier molecular flexibility index (Phi) is 4.75. The molecule has 5 heteroatoms. The normalized spacial score (nSPS) is 13.1. The average molecular weight is 304 g/mol. The SMILES string of the molecule is CC(NCC(C)(C)c1cccs1)c1cccc([N+](=O)[O-])c1. The first-order valence-electron chi connectivity index (χ1n) is 6.92. The van der Waals surface area contributed by atoms with Gasteiger partial charge in [0.25, 0.3) is 5.69 Å². The van der Waals surface area contributed by atoms with E-state index in [4.69, 9.17) is 0 Å². The molecule has 2 rings (SSSR count). The fourth-order valence-corrected chi connectivity index (χ4v) is 3.04. The number of hydrogen-bond acceptors (Lipinski definition) is 4. The minimum absolute atomic E-state index is 0.0448. The molecule has 0 fully saturated rings. The van der Waals surface area contributed by atoms with E-state index in [0.717, 1.165) is 12.1 Å². The van der Waals surface area contributed by atoms with Gasteiger partial charge >= 0.3 is 0 Å². The molecule has 2 aromatic rings. The van der Waals surface area contributed by atoms with E-state index in [0.29, 0.717) is 0 Å². The van der Waals surface area contributed by atoms with Gasteiger partial charge in [-0.15, -0.1) is 11.3 Å². The molecule has 1 aromatic heterocycles. The van der Waals surface area contributed by atoms with Crippen LogP contribution in [0.5, 0.6) is 0 Å². The minimum Gasteiger partial charge on any atom is -0.309 e. The molecule has 1 N–H and O–H groups in total. The second-order valence-electron chi connectivity index (χ2n) is 5.82. The zero-order valence-corrected chi connectivity index (χ0v) is 13.3. The molecular formula is C16H20N2O2S. The number of thiophene rings is 1. The Balaban J connectivity index is 2.03. The predicted octanol–water partition coefficient (Wildman–Crippen LogP) is 4.28. The highest BCUT2D eigenvalue weighted by atomic mass is 32.1. The van der Waals surface area contributed by atoms with Crippen molar-refractivity contribution in [2.24, 2.45) is 0 Å². The fourth-order valence-electron chi connectivity index (χ4n) is 2.18. The summed E-state index contributed by atoms with van der Waals surface area (Å²) in [5.74, 6) is 0. The summed E-state index contributed by atoms with van der Waals surface area (Å²) < 4.78 is 0. The molecule has 112 valence electrons. The van der Waals surface area contributed by atoms with Gasteiger partial charge in [0, 0.05) is 35.0 Å². The molecule has 0 saturated heterocycles. The largest absolute Gasteiger partial charge is 0.309 e. The van der Waals surface area contributed by atoms with Gasteiger partial charge in [-0.2, -0.15) is 0 Å². The molecule has 0 spiro atoms. The van der Waals surface area contributed by atoms with Crippen LogP contribution in [0.4, 0.5) is 5.69 Å². The summed E-state index contributed by atoms with van der Waals surface area (Å²) in [5.41, 5.74) is 1.12. The minimum atomic E-state index is -0.355.